The molecule has 0 saturated carbocycles. The average molecular weight is 278 g/mol. The molecule has 0 aliphatic carbocycles. The fourth-order valence-corrected chi connectivity index (χ4v) is 2.24. The maximum absolute atomic E-state index is 11.1. The van der Waals surface area contributed by atoms with Crippen molar-refractivity contribution in [3.8, 4) is 0 Å². The van der Waals surface area contributed by atoms with Crippen LogP contribution in [-0.4, -0.2) is 16.1 Å². The van der Waals surface area contributed by atoms with Crippen LogP contribution < -0.4 is 5.32 Å². The number of anilines is 2. The van der Waals surface area contributed by atoms with Gasteiger partial charge in [-0.1, -0.05) is 24.3 Å². The van der Waals surface area contributed by atoms with Gasteiger partial charge in [0.25, 0.3) is 0 Å². The van der Waals surface area contributed by atoms with E-state index in [0.717, 1.165) is 27.8 Å². The van der Waals surface area contributed by atoms with Crippen molar-refractivity contribution in [2.24, 2.45) is 0 Å². The summed E-state index contributed by atoms with van der Waals surface area (Å²) in [7, 11) is 0. The Labute approximate surface area is 122 Å². The minimum absolute atomic E-state index is 0.260. The van der Waals surface area contributed by atoms with Crippen LogP contribution in [0.2, 0.25) is 0 Å². The summed E-state index contributed by atoms with van der Waals surface area (Å²) in [6.45, 7) is 1.94. The number of aromatic nitrogens is 1. The summed E-state index contributed by atoms with van der Waals surface area (Å²) in [6, 6.07) is 14.8. The summed E-state index contributed by atoms with van der Waals surface area (Å²) in [5.41, 5.74) is 3.73. The molecule has 0 aliphatic rings. The van der Waals surface area contributed by atoms with E-state index < -0.39 is 5.97 Å². The number of para-hydroxylation sites is 1. The van der Waals surface area contributed by atoms with Gasteiger partial charge in [-0.3, -0.25) is 4.98 Å². The molecule has 3 rings (SSSR count). The Bertz CT molecular complexity index is 823. The second-order valence-electron chi connectivity index (χ2n) is 4.84. The molecule has 0 saturated heterocycles. The van der Waals surface area contributed by atoms with E-state index >= 15 is 0 Å². The van der Waals surface area contributed by atoms with Crippen LogP contribution in [-0.2, 0) is 0 Å². The lowest BCUT2D eigenvalue weighted by Gasteiger charge is -2.12. The second-order valence-corrected chi connectivity index (χ2v) is 4.84. The van der Waals surface area contributed by atoms with E-state index in [1.54, 1.807) is 24.4 Å². The van der Waals surface area contributed by atoms with Gasteiger partial charge in [0.15, 0.2) is 0 Å². The standard InChI is InChI=1S/C17H14N2O2/c1-11-7-8-13(17(20)21)10-15(11)19-14-6-2-4-12-5-3-9-18-16(12)14/h2-10,19H,1H3,(H,20,21). The Morgan fingerprint density at radius 1 is 1.10 bits per heavy atom. The molecule has 0 unspecified atom stereocenters. The van der Waals surface area contributed by atoms with Gasteiger partial charge in [-0.05, 0) is 36.8 Å². The molecular weight excluding hydrogens is 264 g/mol. The molecule has 21 heavy (non-hydrogen) atoms. The first-order chi connectivity index (χ1) is 10.1. The van der Waals surface area contributed by atoms with Gasteiger partial charge in [0.1, 0.15) is 0 Å². The molecule has 0 atom stereocenters. The number of aryl methyl sites for hydroxylation is 1. The Hall–Kier alpha value is -2.88. The van der Waals surface area contributed by atoms with Gasteiger partial charge in [-0.15, -0.1) is 0 Å². The first-order valence-electron chi connectivity index (χ1n) is 6.60. The normalized spacial score (nSPS) is 10.5. The highest BCUT2D eigenvalue weighted by molar-refractivity contribution is 5.93. The first kappa shape index (κ1) is 13.1. The van der Waals surface area contributed by atoms with Crippen LogP contribution in [0.4, 0.5) is 11.4 Å². The van der Waals surface area contributed by atoms with Crippen molar-refractivity contribution >= 4 is 28.2 Å². The number of hydrogen-bond acceptors (Lipinski definition) is 3. The number of nitrogens with zero attached hydrogens (tertiary/aromatic N) is 1. The van der Waals surface area contributed by atoms with Gasteiger partial charge in [0, 0.05) is 17.3 Å². The van der Waals surface area contributed by atoms with E-state index in [0.29, 0.717) is 0 Å². The number of carboxylic acid groups (broad SMARTS) is 1. The molecule has 2 aromatic carbocycles. The van der Waals surface area contributed by atoms with Crippen LogP contribution in [0.15, 0.2) is 54.7 Å². The Morgan fingerprint density at radius 3 is 2.71 bits per heavy atom. The summed E-state index contributed by atoms with van der Waals surface area (Å²) < 4.78 is 0. The highest BCUT2D eigenvalue weighted by Gasteiger charge is 2.08. The fraction of sp³-hybridized carbons (Fsp3) is 0.0588. The Balaban J connectivity index is 2.06. The number of fused-ring (bicyclic) bond motifs is 1. The summed E-state index contributed by atoms with van der Waals surface area (Å²) in [5, 5.41) is 13.4. The molecule has 0 spiro atoms. The lowest BCUT2D eigenvalue weighted by Crippen LogP contribution is -2.00. The molecule has 0 bridgehead atoms. The van der Waals surface area contributed by atoms with Crippen molar-refractivity contribution in [2.45, 2.75) is 6.92 Å². The zero-order chi connectivity index (χ0) is 14.8. The molecule has 0 radical (unpaired) electrons. The molecule has 104 valence electrons. The quantitative estimate of drug-likeness (QED) is 0.760. The number of carboxylic acids is 1. The van der Waals surface area contributed by atoms with Crippen LogP contribution in [0.1, 0.15) is 15.9 Å². The summed E-state index contributed by atoms with van der Waals surface area (Å²) in [6.07, 6.45) is 1.74. The predicted molar refractivity (Wildman–Crippen MR) is 83.2 cm³/mol. The van der Waals surface area contributed by atoms with Crippen LogP contribution in [0.25, 0.3) is 10.9 Å². The predicted octanol–water partition coefficient (Wildman–Crippen LogP) is 3.99. The van der Waals surface area contributed by atoms with E-state index in [4.69, 9.17) is 5.11 Å². The maximum atomic E-state index is 11.1. The number of pyridine rings is 1. The smallest absolute Gasteiger partial charge is 0.335 e. The number of rotatable bonds is 3. The third kappa shape index (κ3) is 2.56. The molecule has 2 N–H and O–H groups in total. The number of nitrogens with one attached hydrogen (secondary N) is 1. The van der Waals surface area contributed by atoms with E-state index in [-0.39, 0.29) is 5.56 Å². The maximum Gasteiger partial charge on any atom is 0.335 e. The lowest BCUT2D eigenvalue weighted by molar-refractivity contribution is 0.0697. The minimum atomic E-state index is -0.936. The summed E-state index contributed by atoms with van der Waals surface area (Å²) >= 11 is 0. The Kier molecular flexibility index (Phi) is 3.28. The molecule has 1 aromatic heterocycles. The topological polar surface area (TPSA) is 62.2 Å². The number of benzene rings is 2. The van der Waals surface area contributed by atoms with E-state index in [1.165, 1.54) is 0 Å². The molecular formula is C17H14N2O2. The van der Waals surface area contributed by atoms with Gasteiger partial charge in [-0.25, -0.2) is 4.79 Å². The third-order valence-corrected chi connectivity index (χ3v) is 3.39. The van der Waals surface area contributed by atoms with Gasteiger partial charge in [-0.2, -0.15) is 0 Å². The van der Waals surface area contributed by atoms with Crippen molar-refractivity contribution in [3.63, 3.8) is 0 Å². The fourth-order valence-electron chi connectivity index (χ4n) is 2.24. The molecule has 4 nitrogen and oxygen atoms in total. The average Bonchev–Trinajstić information content (AvgIpc) is 2.49. The van der Waals surface area contributed by atoms with E-state index in [1.807, 2.05) is 37.3 Å². The van der Waals surface area contributed by atoms with Gasteiger partial charge in [0.2, 0.25) is 0 Å². The summed E-state index contributed by atoms with van der Waals surface area (Å²) in [4.78, 5) is 15.5. The highest BCUT2D eigenvalue weighted by atomic mass is 16.4. The lowest BCUT2D eigenvalue weighted by atomic mass is 10.1. The molecule has 0 amide bonds. The zero-order valence-corrected chi connectivity index (χ0v) is 11.5. The first-order valence-corrected chi connectivity index (χ1v) is 6.60. The second kappa shape index (κ2) is 5.25. The van der Waals surface area contributed by atoms with Crippen LogP contribution >= 0.6 is 0 Å². The van der Waals surface area contributed by atoms with Crippen LogP contribution in [0.5, 0.6) is 0 Å². The monoisotopic (exact) mass is 278 g/mol. The highest BCUT2D eigenvalue weighted by Crippen LogP contribution is 2.27. The molecule has 0 aliphatic heterocycles. The van der Waals surface area contributed by atoms with Gasteiger partial charge in [0.05, 0.1) is 16.8 Å². The van der Waals surface area contributed by atoms with Crippen molar-refractivity contribution in [3.05, 3.63) is 65.9 Å². The molecule has 0 fully saturated rings. The third-order valence-electron chi connectivity index (χ3n) is 3.39. The largest absolute Gasteiger partial charge is 0.478 e. The molecule has 1 heterocycles. The van der Waals surface area contributed by atoms with Crippen molar-refractivity contribution in [1.29, 1.82) is 0 Å². The number of carbonyl (C=O) groups is 1. The van der Waals surface area contributed by atoms with E-state index in [9.17, 15) is 4.79 Å². The van der Waals surface area contributed by atoms with Crippen molar-refractivity contribution < 1.29 is 9.90 Å². The van der Waals surface area contributed by atoms with Crippen molar-refractivity contribution in [1.82, 2.24) is 4.98 Å². The Morgan fingerprint density at radius 2 is 1.90 bits per heavy atom. The van der Waals surface area contributed by atoms with Crippen molar-refractivity contribution in [2.75, 3.05) is 5.32 Å². The van der Waals surface area contributed by atoms with Crippen LogP contribution in [0, 0.1) is 6.92 Å². The number of hydrogen-bond donors (Lipinski definition) is 2. The van der Waals surface area contributed by atoms with Crippen LogP contribution in [0.3, 0.4) is 0 Å². The number of aromatic carboxylic acids is 1. The van der Waals surface area contributed by atoms with E-state index in [2.05, 4.69) is 10.3 Å². The SMILES string of the molecule is Cc1ccc(C(=O)O)cc1Nc1cccc2cccnc12. The van der Waals surface area contributed by atoms with Gasteiger partial charge < -0.3 is 10.4 Å². The minimum Gasteiger partial charge on any atom is -0.478 e. The molecule has 3 aromatic rings. The molecule has 4 heteroatoms. The van der Waals surface area contributed by atoms with Gasteiger partial charge >= 0.3 is 5.97 Å². The zero-order valence-electron chi connectivity index (χ0n) is 11.5. The summed E-state index contributed by atoms with van der Waals surface area (Å²) in [5.74, 6) is -0.936.